The first-order chi connectivity index (χ1) is 9.15. The lowest BCUT2D eigenvalue weighted by Crippen LogP contribution is -2.27. The number of anilines is 1. The smallest absolute Gasteiger partial charge is 0.224 e. The minimum absolute atomic E-state index is 0.000177. The number of carbonyl (C=O) groups excluding carboxylic acids is 1. The second-order valence-corrected chi connectivity index (χ2v) is 4.48. The van der Waals surface area contributed by atoms with Gasteiger partial charge in [-0.05, 0) is 17.7 Å². The van der Waals surface area contributed by atoms with Gasteiger partial charge >= 0.3 is 0 Å². The van der Waals surface area contributed by atoms with E-state index in [0.717, 1.165) is 17.8 Å². The van der Waals surface area contributed by atoms with Crippen LogP contribution in [0.4, 0.5) is 5.69 Å². The van der Waals surface area contributed by atoms with Crippen LogP contribution in [0.1, 0.15) is 11.4 Å². The van der Waals surface area contributed by atoms with E-state index >= 15 is 0 Å². The highest BCUT2D eigenvalue weighted by molar-refractivity contribution is 5.78. The number of nitrogens with two attached hydrogens (primary N) is 1. The minimum atomic E-state index is -0.000177. The van der Waals surface area contributed by atoms with Crippen LogP contribution in [0.3, 0.4) is 0 Å². The summed E-state index contributed by atoms with van der Waals surface area (Å²) in [5.41, 5.74) is 7.28. The first-order valence-corrected chi connectivity index (χ1v) is 6.22. The summed E-state index contributed by atoms with van der Waals surface area (Å²) in [6, 6.07) is 7.38. The summed E-state index contributed by atoms with van der Waals surface area (Å²) < 4.78 is 1.95. The second kappa shape index (κ2) is 6.04. The Bertz CT molecular complexity index is 562. The molecule has 0 bridgehead atoms. The Kier molecular flexibility index (Phi) is 4.18. The fourth-order valence-electron chi connectivity index (χ4n) is 1.90. The zero-order chi connectivity index (χ0) is 13.7. The molecule has 3 N–H and O–H groups in total. The maximum Gasteiger partial charge on any atom is 0.224 e. The number of amides is 1. The van der Waals surface area contributed by atoms with Crippen molar-refractivity contribution in [3.8, 4) is 0 Å². The normalized spacial score (nSPS) is 10.4. The van der Waals surface area contributed by atoms with Gasteiger partial charge in [-0.25, -0.2) is 4.98 Å². The Morgan fingerprint density at radius 2 is 2.32 bits per heavy atom. The number of imidazole rings is 1. The number of carbonyl (C=O) groups is 1. The van der Waals surface area contributed by atoms with Gasteiger partial charge in [0.05, 0.1) is 6.42 Å². The number of benzene rings is 1. The Balaban J connectivity index is 1.77. The lowest BCUT2D eigenvalue weighted by molar-refractivity contribution is -0.120. The van der Waals surface area contributed by atoms with Crippen LogP contribution >= 0.6 is 0 Å². The number of nitrogens with one attached hydrogen (secondary N) is 1. The van der Waals surface area contributed by atoms with E-state index in [2.05, 4.69) is 10.3 Å². The molecule has 0 fully saturated rings. The minimum Gasteiger partial charge on any atom is -0.399 e. The number of rotatable bonds is 5. The molecule has 0 unspecified atom stereocenters. The molecule has 0 aliphatic rings. The number of hydrogen-bond donors (Lipinski definition) is 2. The predicted molar refractivity (Wildman–Crippen MR) is 74.5 cm³/mol. The van der Waals surface area contributed by atoms with Crippen LogP contribution in [0.25, 0.3) is 0 Å². The van der Waals surface area contributed by atoms with Crippen molar-refractivity contribution >= 4 is 11.6 Å². The third-order valence-corrected chi connectivity index (χ3v) is 2.91. The molecule has 1 aromatic heterocycles. The molecule has 0 saturated heterocycles. The fraction of sp³-hybridized carbons (Fsp3) is 0.286. The maximum absolute atomic E-state index is 11.8. The Morgan fingerprint density at radius 1 is 1.47 bits per heavy atom. The van der Waals surface area contributed by atoms with Crippen molar-refractivity contribution in [3.05, 3.63) is 48.0 Å². The topological polar surface area (TPSA) is 72.9 Å². The number of aryl methyl sites for hydroxylation is 1. The van der Waals surface area contributed by atoms with Gasteiger partial charge in [-0.2, -0.15) is 0 Å². The molecular formula is C14H18N4O. The van der Waals surface area contributed by atoms with Crippen LogP contribution < -0.4 is 11.1 Å². The molecule has 0 aliphatic heterocycles. The maximum atomic E-state index is 11.8. The molecule has 0 aliphatic carbocycles. The second-order valence-electron chi connectivity index (χ2n) is 4.48. The number of nitrogen functional groups attached to an aromatic ring is 1. The van der Waals surface area contributed by atoms with E-state index in [1.54, 1.807) is 6.20 Å². The van der Waals surface area contributed by atoms with E-state index in [9.17, 15) is 4.79 Å². The average molecular weight is 258 g/mol. The summed E-state index contributed by atoms with van der Waals surface area (Å²) in [6.07, 6.45) is 4.73. The molecule has 0 spiro atoms. The van der Waals surface area contributed by atoms with Crippen LogP contribution in [0.15, 0.2) is 36.7 Å². The molecule has 1 amide bonds. The SMILES string of the molecule is Cn1ccnc1CCNC(=O)Cc1cccc(N)c1. The Labute approximate surface area is 112 Å². The van der Waals surface area contributed by atoms with Crippen LogP contribution in [0.2, 0.25) is 0 Å². The van der Waals surface area contributed by atoms with Crippen molar-refractivity contribution in [2.24, 2.45) is 7.05 Å². The lowest BCUT2D eigenvalue weighted by Gasteiger charge is -2.06. The molecule has 19 heavy (non-hydrogen) atoms. The molecule has 1 heterocycles. The quantitative estimate of drug-likeness (QED) is 0.783. The zero-order valence-electron chi connectivity index (χ0n) is 11.0. The molecule has 1 aromatic carbocycles. The average Bonchev–Trinajstić information content (AvgIpc) is 2.75. The summed E-state index contributed by atoms with van der Waals surface area (Å²) in [5, 5.41) is 2.88. The third kappa shape index (κ3) is 3.84. The van der Waals surface area contributed by atoms with Gasteiger partial charge < -0.3 is 15.6 Å². The van der Waals surface area contributed by atoms with E-state index in [0.29, 0.717) is 18.7 Å². The van der Waals surface area contributed by atoms with Crippen LogP contribution in [-0.4, -0.2) is 22.0 Å². The van der Waals surface area contributed by atoms with Crippen LogP contribution in [0.5, 0.6) is 0 Å². The molecule has 0 saturated carbocycles. The van der Waals surface area contributed by atoms with Crippen molar-refractivity contribution in [1.82, 2.24) is 14.9 Å². The molecule has 5 nitrogen and oxygen atoms in total. The summed E-state index contributed by atoms with van der Waals surface area (Å²) in [4.78, 5) is 16.0. The first-order valence-electron chi connectivity index (χ1n) is 6.22. The molecule has 5 heteroatoms. The predicted octanol–water partition coefficient (Wildman–Crippen LogP) is 0.904. The number of hydrogen-bond acceptors (Lipinski definition) is 3. The number of nitrogens with zero attached hydrogens (tertiary/aromatic N) is 2. The third-order valence-electron chi connectivity index (χ3n) is 2.91. The van der Waals surface area contributed by atoms with Crippen molar-refractivity contribution in [3.63, 3.8) is 0 Å². The summed E-state index contributed by atoms with van der Waals surface area (Å²) in [6.45, 7) is 0.589. The van der Waals surface area contributed by atoms with Gasteiger partial charge in [0.15, 0.2) is 0 Å². The molecule has 0 atom stereocenters. The van der Waals surface area contributed by atoms with Crippen molar-refractivity contribution in [1.29, 1.82) is 0 Å². The van der Waals surface area contributed by atoms with Gasteiger partial charge in [0, 0.05) is 38.1 Å². The van der Waals surface area contributed by atoms with Crippen molar-refractivity contribution < 1.29 is 4.79 Å². The van der Waals surface area contributed by atoms with Crippen LogP contribution in [0, 0.1) is 0 Å². The van der Waals surface area contributed by atoms with Gasteiger partial charge in [-0.1, -0.05) is 12.1 Å². The highest BCUT2D eigenvalue weighted by Crippen LogP contribution is 2.06. The van der Waals surface area contributed by atoms with Crippen molar-refractivity contribution in [2.45, 2.75) is 12.8 Å². The standard InChI is InChI=1S/C14H18N4O/c1-18-8-7-16-13(18)5-6-17-14(19)10-11-3-2-4-12(15)9-11/h2-4,7-9H,5-6,10,15H2,1H3,(H,17,19). The Hall–Kier alpha value is -2.30. The van der Waals surface area contributed by atoms with E-state index < -0.39 is 0 Å². The molecule has 2 aromatic rings. The van der Waals surface area contributed by atoms with E-state index in [1.807, 2.05) is 42.1 Å². The van der Waals surface area contributed by atoms with Crippen molar-refractivity contribution in [2.75, 3.05) is 12.3 Å². The lowest BCUT2D eigenvalue weighted by atomic mass is 10.1. The van der Waals surface area contributed by atoms with Gasteiger partial charge in [0.2, 0.25) is 5.91 Å². The van der Waals surface area contributed by atoms with E-state index in [4.69, 9.17) is 5.73 Å². The summed E-state index contributed by atoms with van der Waals surface area (Å²) in [5.74, 6) is 0.962. The van der Waals surface area contributed by atoms with Gasteiger partial charge in [0.25, 0.3) is 0 Å². The summed E-state index contributed by atoms with van der Waals surface area (Å²) >= 11 is 0. The Morgan fingerprint density at radius 3 is 3.00 bits per heavy atom. The molecule has 0 radical (unpaired) electrons. The zero-order valence-corrected chi connectivity index (χ0v) is 11.0. The molecular weight excluding hydrogens is 240 g/mol. The highest BCUT2D eigenvalue weighted by atomic mass is 16.1. The van der Waals surface area contributed by atoms with Gasteiger partial charge in [0.1, 0.15) is 5.82 Å². The van der Waals surface area contributed by atoms with E-state index in [1.165, 1.54) is 0 Å². The first kappa shape index (κ1) is 13.1. The molecule has 100 valence electrons. The van der Waals surface area contributed by atoms with Gasteiger partial charge in [-0.3, -0.25) is 4.79 Å². The van der Waals surface area contributed by atoms with Crippen LogP contribution in [-0.2, 0) is 24.7 Å². The summed E-state index contributed by atoms with van der Waals surface area (Å²) in [7, 11) is 1.94. The highest BCUT2D eigenvalue weighted by Gasteiger charge is 2.04. The molecule has 2 rings (SSSR count). The monoisotopic (exact) mass is 258 g/mol. The number of aromatic nitrogens is 2. The fourth-order valence-corrected chi connectivity index (χ4v) is 1.90. The largest absolute Gasteiger partial charge is 0.399 e. The van der Waals surface area contributed by atoms with Gasteiger partial charge in [-0.15, -0.1) is 0 Å². The van der Waals surface area contributed by atoms with E-state index in [-0.39, 0.29) is 5.91 Å².